The second-order valence-electron chi connectivity index (χ2n) is 7.00. The molecule has 4 rings (SSSR count). The lowest BCUT2D eigenvalue weighted by Crippen LogP contribution is -2.52. The number of rotatable bonds is 3. The topological polar surface area (TPSA) is 37.2 Å². The van der Waals surface area contributed by atoms with Gasteiger partial charge in [-0.05, 0) is 55.5 Å². The van der Waals surface area contributed by atoms with Gasteiger partial charge in [0.15, 0.2) is 11.0 Å². The molecule has 1 aliphatic heterocycles. The number of benzene rings is 2. The molecule has 1 fully saturated rings. The number of methoxy groups -OCH3 is 1. The Labute approximate surface area is 165 Å². The molecule has 0 radical (unpaired) electrons. The van der Waals surface area contributed by atoms with Crippen molar-refractivity contribution in [3.63, 3.8) is 0 Å². The Bertz CT molecular complexity index is 840. The first-order valence-electron chi connectivity index (χ1n) is 9.48. The van der Waals surface area contributed by atoms with E-state index in [0.717, 1.165) is 41.0 Å². The average molecular weight is 380 g/mol. The summed E-state index contributed by atoms with van der Waals surface area (Å²) in [5.41, 5.74) is 1.98. The molecule has 5 heteroatoms. The van der Waals surface area contributed by atoms with Crippen molar-refractivity contribution in [3.05, 3.63) is 54.6 Å². The summed E-state index contributed by atoms with van der Waals surface area (Å²) in [5.74, 6) is 1.82. The van der Waals surface area contributed by atoms with Gasteiger partial charge in [-0.25, -0.2) is 9.98 Å². The lowest BCUT2D eigenvalue weighted by Gasteiger charge is -2.42. The van der Waals surface area contributed by atoms with Crippen LogP contribution in [0.1, 0.15) is 32.1 Å². The molecule has 2 aromatic rings. The molecule has 0 amide bonds. The fraction of sp³-hybridized carbons (Fsp3) is 0.364. The van der Waals surface area contributed by atoms with E-state index in [0.29, 0.717) is 0 Å². The summed E-state index contributed by atoms with van der Waals surface area (Å²) in [5, 5.41) is 1.02. The van der Waals surface area contributed by atoms with Crippen molar-refractivity contribution in [2.45, 2.75) is 37.6 Å². The summed E-state index contributed by atoms with van der Waals surface area (Å²) < 4.78 is 5.34. The summed E-state index contributed by atoms with van der Waals surface area (Å²) in [6, 6.07) is 18.5. The van der Waals surface area contributed by atoms with Gasteiger partial charge in [-0.3, -0.25) is 0 Å². The third kappa shape index (κ3) is 3.36. The molecule has 0 unspecified atom stereocenters. The quantitative estimate of drug-likeness (QED) is 0.690. The number of ether oxygens (including phenoxy) is 1. The number of amidine groups is 2. The van der Waals surface area contributed by atoms with Gasteiger partial charge in [-0.2, -0.15) is 0 Å². The summed E-state index contributed by atoms with van der Waals surface area (Å²) >= 11 is 1.69. The molecule has 0 N–H and O–H groups in total. The fourth-order valence-corrected chi connectivity index (χ4v) is 4.73. The molecule has 1 heterocycles. The van der Waals surface area contributed by atoms with Gasteiger partial charge in [0.25, 0.3) is 0 Å². The number of thioether (sulfide) groups is 1. The molecule has 2 aromatic carbocycles. The van der Waals surface area contributed by atoms with E-state index in [4.69, 9.17) is 14.7 Å². The SMILES string of the molecule is COc1ccc(N2C(SC)=NC(=Nc3ccccc3)C23CCCCC3)cc1. The molecule has 0 bridgehead atoms. The predicted octanol–water partition coefficient (Wildman–Crippen LogP) is 5.67. The predicted molar refractivity (Wildman–Crippen MR) is 116 cm³/mol. The second-order valence-corrected chi connectivity index (χ2v) is 7.77. The van der Waals surface area contributed by atoms with Crippen LogP contribution < -0.4 is 9.64 Å². The standard InChI is InChI=1S/C22H25N3OS/c1-26-19-13-11-18(12-14-19)25-21(27-2)24-20(22(25)15-7-4-8-16-22)23-17-9-5-3-6-10-17/h3,5-6,9-14H,4,7-8,15-16H2,1-2H3. The number of aliphatic imine (C=N–C) groups is 2. The first kappa shape index (κ1) is 18.1. The summed E-state index contributed by atoms with van der Waals surface area (Å²) in [6.07, 6.45) is 7.95. The molecular weight excluding hydrogens is 354 g/mol. The van der Waals surface area contributed by atoms with Crippen LogP contribution in [-0.4, -0.2) is 29.9 Å². The maximum absolute atomic E-state index is 5.34. The van der Waals surface area contributed by atoms with Crippen molar-refractivity contribution in [2.75, 3.05) is 18.3 Å². The van der Waals surface area contributed by atoms with Crippen LogP contribution in [0, 0.1) is 0 Å². The minimum atomic E-state index is -0.152. The normalized spacial score (nSPS) is 20.1. The van der Waals surface area contributed by atoms with Gasteiger partial charge in [0.2, 0.25) is 0 Å². The van der Waals surface area contributed by atoms with Crippen molar-refractivity contribution in [3.8, 4) is 5.75 Å². The minimum absolute atomic E-state index is 0.152. The van der Waals surface area contributed by atoms with E-state index >= 15 is 0 Å². The van der Waals surface area contributed by atoms with Crippen LogP contribution in [0.25, 0.3) is 0 Å². The first-order valence-corrected chi connectivity index (χ1v) is 10.7. The van der Waals surface area contributed by atoms with E-state index in [9.17, 15) is 0 Å². The van der Waals surface area contributed by atoms with Crippen molar-refractivity contribution in [1.29, 1.82) is 0 Å². The van der Waals surface area contributed by atoms with Crippen LogP contribution in [0.3, 0.4) is 0 Å². The molecular formula is C22H25N3OS. The maximum atomic E-state index is 5.34. The van der Waals surface area contributed by atoms with Gasteiger partial charge in [0.05, 0.1) is 12.8 Å². The van der Waals surface area contributed by atoms with Crippen LogP contribution in [-0.2, 0) is 0 Å². The maximum Gasteiger partial charge on any atom is 0.170 e. The van der Waals surface area contributed by atoms with Crippen molar-refractivity contribution >= 4 is 34.1 Å². The Morgan fingerprint density at radius 2 is 1.70 bits per heavy atom. The van der Waals surface area contributed by atoms with Crippen LogP contribution in [0.2, 0.25) is 0 Å². The van der Waals surface area contributed by atoms with E-state index < -0.39 is 0 Å². The number of hydrogen-bond acceptors (Lipinski definition) is 4. The molecule has 4 nitrogen and oxygen atoms in total. The molecule has 1 spiro atoms. The Hall–Kier alpha value is -2.27. The van der Waals surface area contributed by atoms with Crippen LogP contribution in [0.5, 0.6) is 5.75 Å². The largest absolute Gasteiger partial charge is 0.497 e. The van der Waals surface area contributed by atoms with Gasteiger partial charge in [-0.1, -0.05) is 49.2 Å². The fourth-order valence-electron chi connectivity index (χ4n) is 4.09. The zero-order valence-corrected chi connectivity index (χ0v) is 16.7. The molecule has 1 saturated carbocycles. The number of nitrogens with zero attached hydrogens (tertiary/aromatic N) is 3. The van der Waals surface area contributed by atoms with Gasteiger partial charge in [0, 0.05) is 5.69 Å². The van der Waals surface area contributed by atoms with E-state index in [1.807, 2.05) is 42.5 Å². The van der Waals surface area contributed by atoms with Crippen LogP contribution in [0.4, 0.5) is 11.4 Å². The Morgan fingerprint density at radius 3 is 2.33 bits per heavy atom. The van der Waals surface area contributed by atoms with E-state index in [-0.39, 0.29) is 5.54 Å². The third-order valence-corrected chi connectivity index (χ3v) is 6.06. The summed E-state index contributed by atoms with van der Waals surface area (Å²) in [4.78, 5) is 12.4. The average Bonchev–Trinajstić information content (AvgIpc) is 3.02. The Kier molecular flexibility index (Phi) is 5.21. The second kappa shape index (κ2) is 7.77. The van der Waals surface area contributed by atoms with Gasteiger partial charge >= 0.3 is 0 Å². The van der Waals surface area contributed by atoms with Crippen molar-refractivity contribution < 1.29 is 4.74 Å². The zero-order valence-electron chi connectivity index (χ0n) is 15.9. The highest BCUT2D eigenvalue weighted by Crippen LogP contribution is 2.44. The van der Waals surface area contributed by atoms with Gasteiger partial charge < -0.3 is 9.64 Å². The smallest absolute Gasteiger partial charge is 0.170 e. The number of para-hydroxylation sites is 1. The highest BCUT2D eigenvalue weighted by Gasteiger charge is 2.49. The number of anilines is 1. The monoisotopic (exact) mass is 379 g/mol. The highest BCUT2D eigenvalue weighted by molar-refractivity contribution is 8.13. The molecule has 2 aliphatic rings. The number of hydrogen-bond donors (Lipinski definition) is 0. The lowest BCUT2D eigenvalue weighted by molar-refractivity contribution is 0.385. The molecule has 140 valence electrons. The molecule has 27 heavy (non-hydrogen) atoms. The Morgan fingerprint density at radius 1 is 1.00 bits per heavy atom. The zero-order chi connectivity index (χ0) is 18.7. The Balaban J connectivity index is 1.81. The van der Waals surface area contributed by atoms with Gasteiger partial charge in [0.1, 0.15) is 11.3 Å². The van der Waals surface area contributed by atoms with Crippen LogP contribution >= 0.6 is 11.8 Å². The summed E-state index contributed by atoms with van der Waals surface area (Å²) in [6.45, 7) is 0. The van der Waals surface area contributed by atoms with E-state index in [1.165, 1.54) is 19.3 Å². The van der Waals surface area contributed by atoms with E-state index in [1.54, 1.807) is 18.9 Å². The molecule has 0 atom stereocenters. The first-order chi connectivity index (χ1) is 13.3. The highest BCUT2D eigenvalue weighted by atomic mass is 32.2. The minimum Gasteiger partial charge on any atom is -0.497 e. The lowest BCUT2D eigenvalue weighted by atomic mass is 9.79. The van der Waals surface area contributed by atoms with E-state index in [2.05, 4.69) is 23.3 Å². The summed E-state index contributed by atoms with van der Waals surface area (Å²) in [7, 11) is 1.70. The molecule has 1 aliphatic carbocycles. The van der Waals surface area contributed by atoms with Crippen LogP contribution in [0.15, 0.2) is 64.6 Å². The van der Waals surface area contributed by atoms with Crippen molar-refractivity contribution in [1.82, 2.24) is 0 Å². The molecule has 0 saturated heterocycles. The van der Waals surface area contributed by atoms with Gasteiger partial charge in [-0.15, -0.1) is 0 Å². The van der Waals surface area contributed by atoms with Crippen molar-refractivity contribution in [2.24, 2.45) is 9.98 Å². The molecule has 0 aromatic heterocycles. The third-order valence-electron chi connectivity index (χ3n) is 5.42.